The number of nitrogen functional groups attached to an aromatic ring is 1. The highest BCUT2D eigenvalue weighted by molar-refractivity contribution is 6.36. The lowest BCUT2D eigenvalue weighted by Crippen LogP contribution is -2.12. The molecule has 0 amide bonds. The van der Waals surface area contributed by atoms with Crippen molar-refractivity contribution in [2.45, 2.75) is 20.0 Å². The Bertz CT molecular complexity index is 838. The summed E-state index contributed by atoms with van der Waals surface area (Å²) in [6.45, 7) is 3.71. The van der Waals surface area contributed by atoms with E-state index in [4.69, 9.17) is 38.4 Å². The first-order chi connectivity index (χ1) is 11.3. The van der Waals surface area contributed by atoms with Crippen LogP contribution in [-0.2, 0) is 4.74 Å². The van der Waals surface area contributed by atoms with Crippen molar-refractivity contribution in [3.05, 3.63) is 39.6 Å². The Labute approximate surface area is 149 Å². The fourth-order valence-corrected chi connectivity index (χ4v) is 2.67. The first-order valence-electron chi connectivity index (χ1n) is 6.95. The van der Waals surface area contributed by atoms with Gasteiger partial charge in [0.2, 0.25) is 0 Å². The molecule has 1 heterocycles. The minimum Gasteiger partial charge on any atom is -0.489 e. The minimum absolute atomic E-state index is 0.00812. The highest BCUT2D eigenvalue weighted by Gasteiger charge is 2.23. The van der Waals surface area contributed by atoms with Crippen LogP contribution < -0.4 is 10.5 Å². The Morgan fingerprint density at radius 3 is 2.54 bits per heavy atom. The van der Waals surface area contributed by atoms with Crippen LogP contribution in [0.15, 0.2) is 18.3 Å². The number of esters is 1. The molecule has 1 aromatic carbocycles. The zero-order valence-corrected chi connectivity index (χ0v) is 14.8. The van der Waals surface area contributed by atoms with Crippen molar-refractivity contribution in [3.8, 4) is 17.5 Å². The number of benzene rings is 1. The van der Waals surface area contributed by atoms with Crippen molar-refractivity contribution in [2.75, 3.05) is 12.8 Å². The third-order valence-electron chi connectivity index (χ3n) is 3.17. The molecular formula is C16H15Cl2N3O3. The fraction of sp³-hybridized carbons (Fsp3) is 0.250. The predicted octanol–water partition coefficient (Wildman–Crippen LogP) is 3.81. The van der Waals surface area contributed by atoms with Crippen LogP contribution in [0.1, 0.15) is 29.9 Å². The number of carbonyl (C=O) groups excluding carboxylic acids is 1. The zero-order chi connectivity index (χ0) is 18.0. The van der Waals surface area contributed by atoms with Crippen LogP contribution in [0.4, 0.5) is 5.69 Å². The average molecular weight is 368 g/mol. The summed E-state index contributed by atoms with van der Waals surface area (Å²) in [7, 11) is 1.22. The van der Waals surface area contributed by atoms with Crippen LogP contribution in [-0.4, -0.2) is 23.8 Å². The van der Waals surface area contributed by atoms with Gasteiger partial charge in [-0.25, -0.2) is 4.79 Å². The van der Waals surface area contributed by atoms with Gasteiger partial charge in [-0.3, -0.25) is 0 Å². The fourth-order valence-electron chi connectivity index (χ4n) is 2.15. The number of anilines is 1. The van der Waals surface area contributed by atoms with Crippen molar-refractivity contribution >= 4 is 34.9 Å². The number of methoxy groups -OCH3 is 1. The molecule has 0 aliphatic carbocycles. The molecule has 1 aromatic heterocycles. The van der Waals surface area contributed by atoms with Crippen LogP contribution in [0.3, 0.4) is 0 Å². The van der Waals surface area contributed by atoms with Gasteiger partial charge in [-0.05, 0) is 19.9 Å². The molecule has 0 saturated heterocycles. The zero-order valence-electron chi connectivity index (χ0n) is 13.3. The predicted molar refractivity (Wildman–Crippen MR) is 92.0 cm³/mol. The SMILES string of the molecule is COC(=O)c1c(N)c(C#N)cn1-c1cc(OC(C)C)c(Cl)cc1Cl. The van der Waals surface area contributed by atoms with E-state index in [1.165, 1.54) is 23.9 Å². The van der Waals surface area contributed by atoms with Crippen molar-refractivity contribution in [2.24, 2.45) is 0 Å². The molecular weight excluding hydrogens is 353 g/mol. The number of nitrogens with two attached hydrogens (primary N) is 1. The normalized spacial score (nSPS) is 10.5. The molecule has 0 aliphatic rings. The van der Waals surface area contributed by atoms with E-state index in [9.17, 15) is 10.1 Å². The summed E-state index contributed by atoms with van der Waals surface area (Å²) in [6, 6.07) is 5.01. The summed E-state index contributed by atoms with van der Waals surface area (Å²) in [5.41, 5.74) is 6.43. The molecule has 0 radical (unpaired) electrons. The molecule has 0 saturated carbocycles. The van der Waals surface area contributed by atoms with Gasteiger partial charge in [0.05, 0.1) is 40.2 Å². The molecule has 0 fully saturated rings. The van der Waals surface area contributed by atoms with E-state index < -0.39 is 5.97 Å². The second kappa shape index (κ2) is 7.04. The number of nitrogens with zero attached hydrogens (tertiary/aromatic N) is 2. The molecule has 126 valence electrons. The summed E-state index contributed by atoms with van der Waals surface area (Å²) in [5, 5.41) is 9.77. The molecule has 6 nitrogen and oxygen atoms in total. The summed E-state index contributed by atoms with van der Waals surface area (Å²) < 4.78 is 11.8. The molecule has 0 atom stereocenters. The highest BCUT2D eigenvalue weighted by Crippen LogP contribution is 2.36. The molecule has 0 aliphatic heterocycles. The van der Waals surface area contributed by atoms with E-state index in [2.05, 4.69) is 0 Å². The van der Waals surface area contributed by atoms with Crippen LogP contribution in [0.2, 0.25) is 10.0 Å². The number of hydrogen-bond acceptors (Lipinski definition) is 5. The van der Waals surface area contributed by atoms with Gasteiger partial charge in [-0.1, -0.05) is 23.2 Å². The summed E-state index contributed by atoms with van der Waals surface area (Å²) >= 11 is 12.4. The lowest BCUT2D eigenvalue weighted by Gasteiger charge is -2.16. The number of carbonyl (C=O) groups is 1. The van der Waals surface area contributed by atoms with E-state index >= 15 is 0 Å². The standard InChI is InChI=1S/C16H15Cl2N3O3/c1-8(2)24-13-5-12(10(17)4-11(13)18)21-7-9(6-19)14(20)15(21)16(22)23-3/h4-5,7-8H,20H2,1-3H3. The lowest BCUT2D eigenvalue weighted by atomic mass is 10.2. The van der Waals surface area contributed by atoms with Crippen LogP contribution in [0.5, 0.6) is 5.75 Å². The van der Waals surface area contributed by atoms with Crippen molar-refractivity contribution in [1.29, 1.82) is 5.26 Å². The van der Waals surface area contributed by atoms with Gasteiger partial charge >= 0.3 is 5.97 Å². The number of rotatable bonds is 4. The quantitative estimate of drug-likeness (QED) is 0.829. The van der Waals surface area contributed by atoms with Gasteiger partial charge in [0, 0.05) is 12.3 Å². The lowest BCUT2D eigenvalue weighted by molar-refractivity contribution is 0.0593. The maximum Gasteiger partial charge on any atom is 0.357 e. The number of aromatic nitrogens is 1. The monoisotopic (exact) mass is 367 g/mol. The first kappa shape index (κ1) is 18.0. The largest absolute Gasteiger partial charge is 0.489 e. The Kier molecular flexibility index (Phi) is 5.27. The second-order valence-corrected chi connectivity index (χ2v) is 5.99. The van der Waals surface area contributed by atoms with Gasteiger partial charge < -0.3 is 19.8 Å². The molecule has 24 heavy (non-hydrogen) atoms. The summed E-state index contributed by atoms with van der Waals surface area (Å²) in [5.74, 6) is -0.293. The van der Waals surface area contributed by atoms with Crippen LogP contribution in [0, 0.1) is 11.3 Å². The Hall–Kier alpha value is -2.36. The average Bonchev–Trinajstić information content (AvgIpc) is 2.85. The maximum atomic E-state index is 12.1. The molecule has 0 unspecified atom stereocenters. The molecule has 0 bridgehead atoms. The molecule has 2 N–H and O–H groups in total. The minimum atomic E-state index is -0.689. The smallest absolute Gasteiger partial charge is 0.357 e. The van der Waals surface area contributed by atoms with Crippen molar-refractivity contribution in [1.82, 2.24) is 4.57 Å². The Balaban J connectivity index is 2.72. The van der Waals surface area contributed by atoms with E-state index in [0.29, 0.717) is 16.5 Å². The Morgan fingerprint density at radius 2 is 2.00 bits per heavy atom. The van der Waals surface area contributed by atoms with E-state index in [1.54, 1.807) is 6.07 Å². The first-order valence-corrected chi connectivity index (χ1v) is 7.71. The third-order valence-corrected chi connectivity index (χ3v) is 3.77. The van der Waals surface area contributed by atoms with Gasteiger partial charge in [0.25, 0.3) is 0 Å². The highest BCUT2D eigenvalue weighted by atomic mass is 35.5. The number of hydrogen-bond donors (Lipinski definition) is 1. The molecule has 2 rings (SSSR count). The van der Waals surface area contributed by atoms with Crippen LogP contribution in [0.25, 0.3) is 5.69 Å². The third kappa shape index (κ3) is 3.28. The van der Waals surface area contributed by atoms with Gasteiger partial charge in [0.1, 0.15) is 11.8 Å². The van der Waals surface area contributed by atoms with Crippen molar-refractivity contribution < 1.29 is 14.3 Å². The molecule has 8 heteroatoms. The molecule has 0 spiro atoms. The maximum absolute atomic E-state index is 12.1. The summed E-state index contributed by atoms with van der Waals surface area (Å²) in [6.07, 6.45) is 1.30. The topological polar surface area (TPSA) is 90.3 Å². The van der Waals surface area contributed by atoms with Crippen LogP contribution >= 0.6 is 23.2 Å². The number of nitriles is 1. The van der Waals surface area contributed by atoms with Crippen molar-refractivity contribution in [3.63, 3.8) is 0 Å². The van der Waals surface area contributed by atoms with Gasteiger partial charge in [0.15, 0.2) is 5.69 Å². The van der Waals surface area contributed by atoms with E-state index in [0.717, 1.165) is 0 Å². The van der Waals surface area contributed by atoms with Gasteiger partial charge in [-0.15, -0.1) is 0 Å². The number of halogens is 2. The second-order valence-electron chi connectivity index (χ2n) is 5.18. The van der Waals surface area contributed by atoms with E-state index in [-0.39, 0.29) is 28.1 Å². The Morgan fingerprint density at radius 1 is 1.33 bits per heavy atom. The van der Waals surface area contributed by atoms with Gasteiger partial charge in [-0.2, -0.15) is 5.26 Å². The molecule has 2 aromatic rings. The van der Waals surface area contributed by atoms with E-state index in [1.807, 2.05) is 19.9 Å². The number of ether oxygens (including phenoxy) is 2. The summed E-state index contributed by atoms with van der Waals surface area (Å²) in [4.78, 5) is 12.1.